The summed E-state index contributed by atoms with van der Waals surface area (Å²) in [6, 6.07) is 6.25. The third-order valence-corrected chi connectivity index (χ3v) is 4.06. The molecule has 0 saturated heterocycles. The highest BCUT2D eigenvalue weighted by Crippen LogP contribution is 2.24. The zero-order chi connectivity index (χ0) is 15.2. The van der Waals surface area contributed by atoms with E-state index in [4.69, 9.17) is 10.5 Å². The van der Waals surface area contributed by atoms with Crippen LogP contribution in [0.3, 0.4) is 0 Å². The standard InChI is InChI=1S/C17H26N2O2/c1-3-21-16-9-12(2)7-8-14(16)11-19-17(20)13-5-4-6-15(18)10-13/h7-9,13,15H,3-6,10-11,18H2,1-2H3,(H,19,20). The zero-order valence-electron chi connectivity index (χ0n) is 13.0. The smallest absolute Gasteiger partial charge is 0.223 e. The van der Waals surface area contributed by atoms with Gasteiger partial charge in [-0.25, -0.2) is 0 Å². The molecular weight excluding hydrogens is 264 g/mol. The Morgan fingerprint density at radius 1 is 1.43 bits per heavy atom. The summed E-state index contributed by atoms with van der Waals surface area (Å²) in [5, 5.41) is 3.03. The normalized spacial score (nSPS) is 21.9. The second kappa shape index (κ2) is 7.46. The molecule has 0 aromatic heterocycles. The first kappa shape index (κ1) is 15.8. The minimum atomic E-state index is 0.0646. The van der Waals surface area contributed by atoms with E-state index in [-0.39, 0.29) is 17.9 Å². The van der Waals surface area contributed by atoms with Gasteiger partial charge in [-0.15, -0.1) is 0 Å². The van der Waals surface area contributed by atoms with Gasteiger partial charge in [0.05, 0.1) is 6.61 Å². The van der Waals surface area contributed by atoms with Crippen LogP contribution in [0.4, 0.5) is 0 Å². The van der Waals surface area contributed by atoms with Gasteiger partial charge in [0.15, 0.2) is 0 Å². The number of hydrogen-bond acceptors (Lipinski definition) is 3. The maximum absolute atomic E-state index is 12.2. The molecule has 4 heteroatoms. The van der Waals surface area contributed by atoms with Gasteiger partial charge in [0.1, 0.15) is 5.75 Å². The molecule has 2 unspecified atom stereocenters. The van der Waals surface area contributed by atoms with Crippen molar-refractivity contribution < 1.29 is 9.53 Å². The number of rotatable bonds is 5. The van der Waals surface area contributed by atoms with E-state index in [1.807, 2.05) is 32.0 Å². The van der Waals surface area contributed by atoms with Crippen LogP contribution < -0.4 is 15.8 Å². The van der Waals surface area contributed by atoms with Gasteiger partial charge in [-0.1, -0.05) is 18.6 Å². The van der Waals surface area contributed by atoms with Crippen LogP contribution in [0.2, 0.25) is 0 Å². The van der Waals surface area contributed by atoms with Crippen LogP contribution in [0.5, 0.6) is 5.75 Å². The lowest BCUT2D eigenvalue weighted by molar-refractivity contribution is -0.126. The second-order valence-corrected chi connectivity index (χ2v) is 5.89. The molecule has 0 aliphatic heterocycles. The van der Waals surface area contributed by atoms with E-state index in [0.29, 0.717) is 13.2 Å². The molecule has 21 heavy (non-hydrogen) atoms. The molecule has 1 aromatic rings. The second-order valence-electron chi connectivity index (χ2n) is 5.89. The Morgan fingerprint density at radius 3 is 2.95 bits per heavy atom. The number of benzene rings is 1. The molecule has 1 amide bonds. The third kappa shape index (κ3) is 4.46. The molecule has 1 saturated carbocycles. The van der Waals surface area contributed by atoms with E-state index < -0.39 is 0 Å². The van der Waals surface area contributed by atoms with Crippen LogP contribution in [0.25, 0.3) is 0 Å². The van der Waals surface area contributed by atoms with Gasteiger partial charge >= 0.3 is 0 Å². The largest absolute Gasteiger partial charge is 0.494 e. The van der Waals surface area contributed by atoms with E-state index in [0.717, 1.165) is 42.6 Å². The molecule has 3 N–H and O–H groups in total. The first-order chi connectivity index (χ1) is 10.1. The summed E-state index contributed by atoms with van der Waals surface area (Å²) in [7, 11) is 0. The summed E-state index contributed by atoms with van der Waals surface area (Å²) in [4.78, 5) is 12.2. The lowest BCUT2D eigenvalue weighted by atomic mass is 9.85. The van der Waals surface area contributed by atoms with Gasteiger partial charge in [-0.05, 0) is 44.7 Å². The van der Waals surface area contributed by atoms with Crippen LogP contribution >= 0.6 is 0 Å². The SMILES string of the molecule is CCOc1cc(C)ccc1CNC(=O)C1CCCC(N)C1. The van der Waals surface area contributed by atoms with Crippen molar-refractivity contribution in [2.24, 2.45) is 11.7 Å². The lowest BCUT2D eigenvalue weighted by Gasteiger charge is -2.25. The van der Waals surface area contributed by atoms with Crippen LogP contribution in [0, 0.1) is 12.8 Å². The molecule has 2 rings (SSSR count). The van der Waals surface area contributed by atoms with Crippen molar-refractivity contribution in [2.75, 3.05) is 6.61 Å². The number of ether oxygens (including phenoxy) is 1. The number of carbonyl (C=O) groups is 1. The van der Waals surface area contributed by atoms with Crippen molar-refractivity contribution in [2.45, 2.75) is 52.1 Å². The number of nitrogens with two attached hydrogens (primary N) is 1. The average Bonchev–Trinajstić information content (AvgIpc) is 2.46. The topological polar surface area (TPSA) is 64.3 Å². The fourth-order valence-corrected chi connectivity index (χ4v) is 2.89. The van der Waals surface area contributed by atoms with Crippen LogP contribution in [-0.4, -0.2) is 18.6 Å². The Bertz CT molecular complexity index is 488. The molecule has 1 aliphatic carbocycles. The van der Waals surface area contributed by atoms with E-state index in [2.05, 4.69) is 5.32 Å². The molecule has 4 nitrogen and oxygen atoms in total. The van der Waals surface area contributed by atoms with E-state index in [1.165, 1.54) is 0 Å². The Labute approximate surface area is 127 Å². The van der Waals surface area contributed by atoms with Crippen molar-refractivity contribution in [1.82, 2.24) is 5.32 Å². The Kier molecular flexibility index (Phi) is 5.62. The number of amides is 1. The quantitative estimate of drug-likeness (QED) is 0.876. The Hall–Kier alpha value is -1.55. The summed E-state index contributed by atoms with van der Waals surface area (Å²) in [5.74, 6) is 1.04. The van der Waals surface area contributed by atoms with Gasteiger partial charge in [-0.3, -0.25) is 4.79 Å². The molecule has 0 bridgehead atoms. The van der Waals surface area contributed by atoms with Crippen LogP contribution in [0.15, 0.2) is 18.2 Å². The molecular formula is C17H26N2O2. The predicted octanol–water partition coefficient (Wildman–Crippen LogP) is 2.53. The van der Waals surface area contributed by atoms with Gasteiger partial charge in [0.2, 0.25) is 5.91 Å². The molecule has 0 spiro atoms. The van der Waals surface area contributed by atoms with E-state index in [1.54, 1.807) is 0 Å². The first-order valence-corrected chi connectivity index (χ1v) is 7.85. The van der Waals surface area contributed by atoms with Crippen molar-refractivity contribution >= 4 is 5.91 Å². The molecule has 0 radical (unpaired) electrons. The fourth-order valence-electron chi connectivity index (χ4n) is 2.89. The maximum Gasteiger partial charge on any atom is 0.223 e. The van der Waals surface area contributed by atoms with Gasteiger partial charge in [0, 0.05) is 24.1 Å². The van der Waals surface area contributed by atoms with Gasteiger partial charge in [-0.2, -0.15) is 0 Å². The minimum Gasteiger partial charge on any atom is -0.494 e. The van der Waals surface area contributed by atoms with Crippen molar-refractivity contribution in [3.8, 4) is 5.75 Å². The number of aryl methyl sites for hydroxylation is 1. The maximum atomic E-state index is 12.2. The summed E-state index contributed by atoms with van der Waals surface area (Å²) in [6.45, 7) is 5.14. The first-order valence-electron chi connectivity index (χ1n) is 7.85. The van der Waals surface area contributed by atoms with Crippen molar-refractivity contribution in [3.63, 3.8) is 0 Å². The zero-order valence-corrected chi connectivity index (χ0v) is 13.0. The molecule has 1 fully saturated rings. The molecule has 116 valence electrons. The number of carbonyl (C=O) groups excluding carboxylic acids is 1. The van der Waals surface area contributed by atoms with E-state index in [9.17, 15) is 4.79 Å². The Morgan fingerprint density at radius 2 is 2.24 bits per heavy atom. The summed E-state index contributed by atoms with van der Waals surface area (Å²) in [5.41, 5.74) is 8.13. The molecule has 1 aromatic carbocycles. The van der Waals surface area contributed by atoms with Gasteiger partial charge < -0.3 is 15.8 Å². The minimum absolute atomic E-state index is 0.0646. The molecule has 1 aliphatic rings. The fraction of sp³-hybridized carbons (Fsp3) is 0.588. The Balaban J connectivity index is 1.94. The van der Waals surface area contributed by atoms with Crippen molar-refractivity contribution in [3.05, 3.63) is 29.3 Å². The van der Waals surface area contributed by atoms with Gasteiger partial charge in [0.25, 0.3) is 0 Å². The summed E-state index contributed by atoms with van der Waals surface area (Å²) < 4.78 is 5.64. The van der Waals surface area contributed by atoms with Crippen LogP contribution in [-0.2, 0) is 11.3 Å². The third-order valence-electron chi connectivity index (χ3n) is 4.06. The van der Waals surface area contributed by atoms with Crippen molar-refractivity contribution in [1.29, 1.82) is 0 Å². The van der Waals surface area contributed by atoms with E-state index >= 15 is 0 Å². The monoisotopic (exact) mass is 290 g/mol. The summed E-state index contributed by atoms with van der Waals surface area (Å²) >= 11 is 0. The molecule has 0 heterocycles. The summed E-state index contributed by atoms with van der Waals surface area (Å²) in [6.07, 6.45) is 3.84. The molecule has 2 atom stereocenters. The number of hydrogen-bond donors (Lipinski definition) is 2. The highest BCUT2D eigenvalue weighted by molar-refractivity contribution is 5.78. The van der Waals surface area contributed by atoms with Crippen LogP contribution in [0.1, 0.15) is 43.7 Å². The highest BCUT2D eigenvalue weighted by Gasteiger charge is 2.25. The average molecular weight is 290 g/mol. The predicted molar refractivity (Wildman–Crippen MR) is 84.1 cm³/mol. The lowest BCUT2D eigenvalue weighted by Crippen LogP contribution is -2.37. The number of nitrogens with one attached hydrogen (secondary N) is 1. The highest BCUT2D eigenvalue weighted by atomic mass is 16.5.